The summed E-state index contributed by atoms with van der Waals surface area (Å²) in [6, 6.07) is 59.7. The van der Waals surface area contributed by atoms with Crippen LogP contribution in [0.2, 0.25) is 0 Å². The summed E-state index contributed by atoms with van der Waals surface area (Å²) in [4.78, 5) is 5.41. The molecule has 1 aliphatic carbocycles. The van der Waals surface area contributed by atoms with Crippen molar-refractivity contribution in [1.29, 1.82) is 0 Å². The summed E-state index contributed by atoms with van der Waals surface area (Å²) < 4.78 is 4.78. The molecule has 0 fully saturated rings. The fraction of sp³-hybridized carbons (Fsp3) is 0.0227. The zero-order valence-electron chi connectivity index (χ0n) is 25.4. The number of benzene rings is 7. The number of imidazole rings is 1. The maximum atomic E-state index is 5.41. The highest BCUT2D eigenvalue weighted by molar-refractivity contribution is 6.11. The van der Waals surface area contributed by atoms with Crippen LogP contribution in [0.25, 0.3) is 66.5 Å². The molecule has 1 aliphatic heterocycles. The molecule has 3 nitrogen and oxygen atoms in total. The van der Waals surface area contributed by atoms with E-state index in [1.54, 1.807) is 0 Å². The van der Waals surface area contributed by atoms with Gasteiger partial charge in [-0.15, -0.1) is 0 Å². The molecule has 0 radical (unpaired) electrons. The van der Waals surface area contributed by atoms with Crippen molar-refractivity contribution in [2.45, 2.75) is 5.41 Å². The molecule has 1 unspecified atom stereocenters. The summed E-state index contributed by atoms with van der Waals surface area (Å²) in [5.74, 6) is 1.07. The highest BCUT2D eigenvalue weighted by Crippen LogP contribution is 2.62. The molecule has 0 amide bonds. The van der Waals surface area contributed by atoms with Gasteiger partial charge in [-0.2, -0.15) is 0 Å². The van der Waals surface area contributed by atoms with E-state index in [2.05, 4.69) is 173 Å². The summed E-state index contributed by atoms with van der Waals surface area (Å²) in [7, 11) is 0. The highest BCUT2D eigenvalue weighted by atomic mass is 15.1. The molecular formula is C44H27N3. The third kappa shape index (κ3) is 3.04. The van der Waals surface area contributed by atoms with E-state index in [0.717, 1.165) is 16.9 Å². The molecular weight excluding hydrogens is 571 g/mol. The minimum atomic E-state index is -0.509. The highest BCUT2D eigenvalue weighted by Gasteiger charge is 2.54. The molecule has 3 heterocycles. The first-order chi connectivity index (χ1) is 23.3. The van der Waals surface area contributed by atoms with Gasteiger partial charge >= 0.3 is 0 Å². The Kier molecular flexibility index (Phi) is 4.78. The van der Waals surface area contributed by atoms with E-state index in [1.807, 2.05) is 0 Å². The number of rotatable bonds is 2. The van der Waals surface area contributed by atoms with Crippen molar-refractivity contribution in [2.24, 2.45) is 0 Å². The Morgan fingerprint density at radius 1 is 0.447 bits per heavy atom. The van der Waals surface area contributed by atoms with Crippen molar-refractivity contribution in [3.63, 3.8) is 0 Å². The first-order valence-corrected chi connectivity index (χ1v) is 16.2. The summed E-state index contributed by atoms with van der Waals surface area (Å²) in [5, 5.41) is 2.52. The zero-order chi connectivity index (χ0) is 30.7. The molecule has 1 spiro atoms. The maximum Gasteiger partial charge on any atom is 0.134 e. The lowest BCUT2D eigenvalue weighted by Gasteiger charge is -2.27. The normalized spacial score (nSPS) is 15.7. The molecule has 9 aromatic rings. The van der Waals surface area contributed by atoms with E-state index in [4.69, 9.17) is 4.98 Å². The number of nitrogens with zero attached hydrogens (tertiary/aromatic N) is 3. The third-order valence-electron chi connectivity index (χ3n) is 10.5. The monoisotopic (exact) mass is 597 g/mol. The summed E-state index contributed by atoms with van der Waals surface area (Å²) in [6.07, 6.45) is 0. The van der Waals surface area contributed by atoms with E-state index in [-0.39, 0.29) is 0 Å². The molecule has 0 N–H and O–H groups in total. The van der Waals surface area contributed by atoms with Crippen LogP contribution in [-0.2, 0) is 5.41 Å². The second-order valence-electron chi connectivity index (χ2n) is 12.7. The standard InChI is InChI=1S/C44H27N3/c1-2-13-29(14-3-1)46-38-22-9-5-15-31(38)33-27-28(25-26-39(33)46)30-17-12-20-36-42(30)32-16-4-6-18-34(32)44(36)35-19-7-10-23-40(35)47-41-24-11-8-21-37(41)45-43(44)47/h1-27H. The van der Waals surface area contributed by atoms with Crippen LogP contribution < -0.4 is 0 Å². The molecule has 7 aromatic carbocycles. The van der Waals surface area contributed by atoms with Gasteiger partial charge in [0, 0.05) is 16.5 Å². The van der Waals surface area contributed by atoms with Crippen LogP contribution in [0, 0.1) is 0 Å². The molecule has 2 aliphatic rings. The number of para-hydroxylation sites is 5. The van der Waals surface area contributed by atoms with Crippen molar-refractivity contribution < 1.29 is 0 Å². The lowest BCUT2D eigenvalue weighted by Crippen LogP contribution is -2.27. The molecule has 218 valence electrons. The number of aromatic nitrogens is 3. The van der Waals surface area contributed by atoms with E-state index >= 15 is 0 Å². The summed E-state index contributed by atoms with van der Waals surface area (Å²) >= 11 is 0. The fourth-order valence-electron chi connectivity index (χ4n) is 8.72. The van der Waals surface area contributed by atoms with E-state index < -0.39 is 5.41 Å². The van der Waals surface area contributed by atoms with Gasteiger partial charge in [0.05, 0.1) is 27.8 Å². The second kappa shape index (κ2) is 8.96. The third-order valence-corrected chi connectivity index (χ3v) is 10.5. The van der Waals surface area contributed by atoms with Crippen molar-refractivity contribution >= 4 is 32.8 Å². The zero-order valence-corrected chi connectivity index (χ0v) is 25.4. The van der Waals surface area contributed by atoms with Gasteiger partial charge < -0.3 is 4.57 Å². The minimum Gasteiger partial charge on any atom is -0.309 e. The molecule has 11 rings (SSSR count). The first-order valence-electron chi connectivity index (χ1n) is 16.2. The Hall–Kier alpha value is -6.19. The largest absolute Gasteiger partial charge is 0.309 e. The van der Waals surface area contributed by atoms with Crippen LogP contribution in [0.3, 0.4) is 0 Å². The smallest absolute Gasteiger partial charge is 0.134 e. The van der Waals surface area contributed by atoms with Crippen LogP contribution >= 0.6 is 0 Å². The van der Waals surface area contributed by atoms with Crippen LogP contribution in [-0.4, -0.2) is 14.1 Å². The Morgan fingerprint density at radius 3 is 2.04 bits per heavy atom. The molecule has 3 heteroatoms. The van der Waals surface area contributed by atoms with Crippen molar-refractivity contribution in [1.82, 2.24) is 14.1 Å². The van der Waals surface area contributed by atoms with Gasteiger partial charge in [-0.05, 0) is 87.5 Å². The van der Waals surface area contributed by atoms with Crippen LogP contribution in [0.4, 0.5) is 0 Å². The molecule has 0 bridgehead atoms. The predicted octanol–water partition coefficient (Wildman–Crippen LogP) is 10.5. The molecule has 47 heavy (non-hydrogen) atoms. The Bertz CT molecular complexity index is 2750. The van der Waals surface area contributed by atoms with Crippen molar-refractivity contribution in [2.75, 3.05) is 0 Å². The molecule has 0 saturated heterocycles. The van der Waals surface area contributed by atoms with E-state index in [1.165, 1.54) is 72.1 Å². The van der Waals surface area contributed by atoms with E-state index in [0.29, 0.717) is 0 Å². The second-order valence-corrected chi connectivity index (χ2v) is 12.7. The topological polar surface area (TPSA) is 22.8 Å². The average molecular weight is 598 g/mol. The SMILES string of the molecule is c1ccc(-n2c3ccccc3c3cc(-c4cccc5c4-c4ccccc4C54c5ccccc5-n5c4nc4ccccc45)ccc32)cc1. The van der Waals surface area contributed by atoms with Crippen molar-refractivity contribution in [3.8, 4) is 33.6 Å². The minimum absolute atomic E-state index is 0.509. The fourth-order valence-corrected chi connectivity index (χ4v) is 8.72. The molecule has 1 atom stereocenters. The quantitative estimate of drug-likeness (QED) is 0.194. The van der Waals surface area contributed by atoms with Crippen LogP contribution in [0.5, 0.6) is 0 Å². The van der Waals surface area contributed by atoms with Crippen molar-refractivity contribution in [3.05, 3.63) is 186 Å². The maximum absolute atomic E-state index is 5.41. The van der Waals surface area contributed by atoms with Crippen LogP contribution in [0.15, 0.2) is 164 Å². The van der Waals surface area contributed by atoms with Gasteiger partial charge in [0.2, 0.25) is 0 Å². The Labute approximate surface area is 271 Å². The van der Waals surface area contributed by atoms with Gasteiger partial charge in [-0.25, -0.2) is 4.98 Å². The van der Waals surface area contributed by atoms with E-state index in [9.17, 15) is 0 Å². The number of hydrogen-bond donors (Lipinski definition) is 0. The molecule has 2 aromatic heterocycles. The first kappa shape index (κ1) is 25.1. The van der Waals surface area contributed by atoms with Gasteiger partial charge in [-0.3, -0.25) is 4.57 Å². The van der Waals surface area contributed by atoms with Gasteiger partial charge in [0.1, 0.15) is 11.2 Å². The summed E-state index contributed by atoms with van der Waals surface area (Å²) in [5.41, 5.74) is 15.4. The number of fused-ring (bicyclic) bond motifs is 15. The van der Waals surface area contributed by atoms with Crippen LogP contribution in [0.1, 0.15) is 22.5 Å². The van der Waals surface area contributed by atoms with Gasteiger partial charge in [0.15, 0.2) is 0 Å². The lowest BCUT2D eigenvalue weighted by molar-refractivity contribution is 0.738. The Balaban J connectivity index is 1.22. The predicted molar refractivity (Wildman–Crippen MR) is 192 cm³/mol. The average Bonchev–Trinajstić information content (AvgIpc) is 3.85. The lowest BCUT2D eigenvalue weighted by atomic mass is 9.73. The van der Waals surface area contributed by atoms with Gasteiger partial charge in [0.25, 0.3) is 0 Å². The Morgan fingerprint density at radius 2 is 1.13 bits per heavy atom. The van der Waals surface area contributed by atoms with Gasteiger partial charge in [-0.1, -0.05) is 115 Å². The molecule has 0 saturated carbocycles. The number of hydrogen-bond acceptors (Lipinski definition) is 1. The summed E-state index contributed by atoms with van der Waals surface area (Å²) in [6.45, 7) is 0.